The third kappa shape index (κ3) is 4.95. The first-order valence-electron chi connectivity index (χ1n) is 7.05. The van der Waals surface area contributed by atoms with Crippen molar-refractivity contribution in [2.45, 2.75) is 31.8 Å². The second-order valence-corrected chi connectivity index (χ2v) is 6.24. The van der Waals surface area contributed by atoms with Crippen LogP contribution in [-0.4, -0.2) is 41.1 Å². The number of nitrogens with zero attached hydrogens (tertiary/aromatic N) is 1. The quantitative estimate of drug-likeness (QED) is 0.902. The summed E-state index contributed by atoms with van der Waals surface area (Å²) >= 11 is 5.67. The fourth-order valence-corrected chi connectivity index (χ4v) is 2.62. The summed E-state index contributed by atoms with van der Waals surface area (Å²) in [6, 6.07) is 4.15. The standard InChI is InChI=1S/C15H20ClFN2O2/c1-15(21)5-2-7-19(8-6-15)10-14(20)18-13-4-3-11(16)9-12(13)17/h3-4,9,21H,2,5-8,10H2,1H3,(H,18,20). The van der Waals surface area contributed by atoms with E-state index in [1.165, 1.54) is 18.2 Å². The van der Waals surface area contributed by atoms with E-state index in [9.17, 15) is 14.3 Å². The highest BCUT2D eigenvalue weighted by molar-refractivity contribution is 6.30. The highest BCUT2D eigenvalue weighted by atomic mass is 35.5. The van der Waals surface area contributed by atoms with Crippen molar-refractivity contribution in [3.63, 3.8) is 0 Å². The van der Waals surface area contributed by atoms with Gasteiger partial charge in [-0.25, -0.2) is 4.39 Å². The van der Waals surface area contributed by atoms with Crippen molar-refractivity contribution in [3.8, 4) is 0 Å². The summed E-state index contributed by atoms with van der Waals surface area (Å²) in [7, 11) is 0. The predicted molar refractivity (Wildman–Crippen MR) is 81.0 cm³/mol. The lowest BCUT2D eigenvalue weighted by Gasteiger charge is -2.22. The number of aliphatic hydroxyl groups is 1. The second kappa shape index (κ2) is 6.73. The normalized spacial score (nSPS) is 23.6. The molecule has 1 fully saturated rings. The number of benzene rings is 1. The molecule has 1 aliphatic heterocycles. The van der Waals surface area contributed by atoms with Gasteiger partial charge in [0.15, 0.2) is 0 Å². The number of anilines is 1. The summed E-state index contributed by atoms with van der Waals surface area (Å²) < 4.78 is 13.6. The van der Waals surface area contributed by atoms with Gasteiger partial charge in [-0.2, -0.15) is 0 Å². The van der Waals surface area contributed by atoms with Crippen LogP contribution in [0.25, 0.3) is 0 Å². The SMILES string of the molecule is CC1(O)CCCN(CC(=O)Nc2ccc(Cl)cc2F)CC1. The van der Waals surface area contributed by atoms with Gasteiger partial charge in [0.25, 0.3) is 0 Å². The van der Waals surface area contributed by atoms with Crippen LogP contribution in [0.5, 0.6) is 0 Å². The number of carbonyl (C=O) groups is 1. The van der Waals surface area contributed by atoms with E-state index in [2.05, 4.69) is 5.32 Å². The van der Waals surface area contributed by atoms with Gasteiger partial charge in [-0.05, 0) is 50.9 Å². The number of likely N-dealkylation sites (tertiary alicyclic amines) is 1. The number of carbonyl (C=O) groups excluding carboxylic acids is 1. The first kappa shape index (κ1) is 16.2. The van der Waals surface area contributed by atoms with Crippen molar-refractivity contribution < 1.29 is 14.3 Å². The van der Waals surface area contributed by atoms with Gasteiger partial charge in [-0.1, -0.05) is 11.6 Å². The van der Waals surface area contributed by atoms with Crippen molar-refractivity contribution in [1.29, 1.82) is 0 Å². The summed E-state index contributed by atoms with van der Waals surface area (Å²) in [5.74, 6) is -0.813. The van der Waals surface area contributed by atoms with Crippen molar-refractivity contribution in [2.24, 2.45) is 0 Å². The molecule has 21 heavy (non-hydrogen) atoms. The van der Waals surface area contributed by atoms with Gasteiger partial charge >= 0.3 is 0 Å². The van der Waals surface area contributed by atoms with Gasteiger partial charge in [-0.15, -0.1) is 0 Å². The van der Waals surface area contributed by atoms with Gasteiger partial charge in [0, 0.05) is 11.6 Å². The maximum Gasteiger partial charge on any atom is 0.238 e. The molecule has 1 atom stereocenters. The molecule has 2 rings (SSSR count). The fourth-order valence-electron chi connectivity index (χ4n) is 2.46. The van der Waals surface area contributed by atoms with Crippen LogP contribution in [0.15, 0.2) is 18.2 Å². The van der Waals surface area contributed by atoms with Crippen molar-refractivity contribution >= 4 is 23.2 Å². The Morgan fingerprint density at radius 3 is 2.95 bits per heavy atom. The van der Waals surface area contributed by atoms with Gasteiger partial charge in [0.1, 0.15) is 5.82 Å². The second-order valence-electron chi connectivity index (χ2n) is 5.80. The van der Waals surface area contributed by atoms with Crippen LogP contribution >= 0.6 is 11.6 Å². The summed E-state index contributed by atoms with van der Waals surface area (Å²) in [5, 5.41) is 12.9. The maximum absolute atomic E-state index is 13.6. The Kier molecular flexibility index (Phi) is 5.19. The van der Waals surface area contributed by atoms with E-state index < -0.39 is 11.4 Å². The van der Waals surface area contributed by atoms with Crippen LogP contribution in [0.4, 0.5) is 10.1 Å². The predicted octanol–water partition coefficient (Wildman–Crippen LogP) is 2.65. The lowest BCUT2D eigenvalue weighted by Crippen LogP contribution is -2.35. The molecular formula is C15H20ClFN2O2. The Morgan fingerprint density at radius 1 is 1.48 bits per heavy atom. The molecule has 1 aliphatic rings. The molecule has 0 spiro atoms. The molecule has 6 heteroatoms. The monoisotopic (exact) mass is 314 g/mol. The number of hydrogen-bond donors (Lipinski definition) is 2. The number of hydrogen-bond acceptors (Lipinski definition) is 3. The highest BCUT2D eigenvalue weighted by Gasteiger charge is 2.25. The van der Waals surface area contributed by atoms with E-state index in [-0.39, 0.29) is 18.1 Å². The number of nitrogens with one attached hydrogen (secondary N) is 1. The van der Waals surface area contributed by atoms with Gasteiger partial charge in [-0.3, -0.25) is 9.69 Å². The zero-order valence-electron chi connectivity index (χ0n) is 12.0. The van der Waals surface area contributed by atoms with Crippen molar-refractivity contribution in [2.75, 3.05) is 25.0 Å². The van der Waals surface area contributed by atoms with Crippen LogP contribution in [0.2, 0.25) is 5.02 Å². The Bertz CT molecular complexity index is 522. The Labute approximate surface area is 128 Å². The highest BCUT2D eigenvalue weighted by Crippen LogP contribution is 2.22. The molecule has 4 nitrogen and oxygen atoms in total. The lowest BCUT2D eigenvalue weighted by molar-refractivity contribution is -0.117. The minimum atomic E-state index is -0.659. The van der Waals surface area contributed by atoms with E-state index >= 15 is 0 Å². The van der Waals surface area contributed by atoms with Gasteiger partial charge < -0.3 is 10.4 Å². The molecule has 0 saturated carbocycles. The molecule has 1 heterocycles. The molecule has 1 aromatic rings. The number of rotatable bonds is 3. The molecule has 0 bridgehead atoms. The molecule has 0 aliphatic carbocycles. The summed E-state index contributed by atoms with van der Waals surface area (Å²) in [6.45, 7) is 3.42. The number of amides is 1. The third-order valence-electron chi connectivity index (χ3n) is 3.73. The molecule has 1 saturated heterocycles. The van der Waals surface area contributed by atoms with Gasteiger partial charge in [0.2, 0.25) is 5.91 Å². The van der Waals surface area contributed by atoms with Crippen molar-refractivity contribution in [3.05, 3.63) is 29.0 Å². The molecular weight excluding hydrogens is 295 g/mol. The zero-order chi connectivity index (χ0) is 15.5. The van der Waals surface area contributed by atoms with E-state index in [1.54, 1.807) is 0 Å². The lowest BCUT2D eigenvalue weighted by atomic mass is 9.98. The van der Waals surface area contributed by atoms with E-state index in [0.717, 1.165) is 19.4 Å². The zero-order valence-corrected chi connectivity index (χ0v) is 12.8. The van der Waals surface area contributed by atoms with Crippen LogP contribution in [0, 0.1) is 5.82 Å². The van der Waals surface area contributed by atoms with Crippen molar-refractivity contribution in [1.82, 2.24) is 4.90 Å². The topological polar surface area (TPSA) is 52.6 Å². The minimum absolute atomic E-state index is 0.131. The van der Waals surface area contributed by atoms with Crippen LogP contribution in [0.3, 0.4) is 0 Å². The largest absolute Gasteiger partial charge is 0.390 e. The average Bonchev–Trinajstić information content (AvgIpc) is 2.54. The molecule has 1 unspecified atom stereocenters. The summed E-state index contributed by atoms with van der Waals surface area (Å²) in [5.41, 5.74) is -0.528. The maximum atomic E-state index is 13.6. The van der Waals surface area contributed by atoms with Crippen LogP contribution in [0.1, 0.15) is 26.2 Å². The summed E-state index contributed by atoms with van der Waals surface area (Å²) in [6.07, 6.45) is 2.21. The Morgan fingerprint density at radius 2 is 2.24 bits per heavy atom. The van der Waals surface area contributed by atoms with Crippen LogP contribution < -0.4 is 5.32 Å². The molecule has 1 amide bonds. The Balaban J connectivity index is 1.89. The van der Waals surface area contributed by atoms with E-state index in [0.29, 0.717) is 18.0 Å². The third-order valence-corrected chi connectivity index (χ3v) is 3.96. The van der Waals surface area contributed by atoms with E-state index in [1.807, 2.05) is 11.8 Å². The molecule has 116 valence electrons. The molecule has 0 aromatic heterocycles. The molecule has 1 aromatic carbocycles. The smallest absolute Gasteiger partial charge is 0.238 e. The van der Waals surface area contributed by atoms with Gasteiger partial charge in [0.05, 0.1) is 17.8 Å². The molecule has 0 radical (unpaired) electrons. The molecule has 2 N–H and O–H groups in total. The average molecular weight is 315 g/mol. The number of halogens is 2. The fraction of sp³-hybridized carbons (Fsp3) is 0.533. The minimum Gasteiger partial charge on any atom is -0.390 e. The first-order chi connectivity index (χ1) is 9.85. The summed E-state index contributed by atoms with van der Waals surface area (Å²) in [4.78, 5) is 14.0. The first-order valence-corrected chi connectivity index (χ1v) is 7.43. The van der Waals surface area contributed by atoms with Crippen LogP contribution in [-0.2, 0) is 4.79 Å². The van der Waals surface area contributed by atoms with E-state index in [4.69, 9.17) is 11.6 Å². The Hall–Kier alpha value is -1.17.